The Morgan fingerprint density at radius 2 is 1.52 bits per heavy atom. The number of hydrogen-bond donors (Lipinski definition) is 4. The normalized spacial score (nSPS) is 10.0. The zero-order valence-electron chi connectivity index (χ0n) is 15.9. The monoisotopic (exact) mass is 399 g/mol. The second-order valence-electron chi connectivity index (χ2n) is 6.12. The molecule has 2 aromatic rings. The summed E-state index contributed by atoms with van der Waals surface area (Å²) in [5.74, 6) is -1.05. The fraction of sp³-hybridized carbons (Fsp3) is 0.211. The molecule has 0 fully saturated rings. The molecule has 0 heterocycles. The molecule has 0 atom stereocenters. The van der Waals surface area contributed by atoms with Gasteiger partial charge in [0.05, 0.1) is 4.92 Å². The zero-order chi connectivity index (χ0) is 21.4. The number of nitro benzene ring substituents is 1. The lowest BCUT2D eigenvalue weighted by Crippen LogP contribution is -2.29. The van der Waals surface area contributed by atoms with Gasteiger partial charge in [0.15, 0.2) is 0 Å². The predicted octanol–water partition coefficient (Wildman–Crippen LogP) is 2.35. The standard InChI is InChI=1S/C19H21N5O5/c1-12(25)22-15-9-14(10-16(11-15)23-13(2)26)19(27)21-8-7-20-17-5-3-4-6-18(17)24(28)29/h3-6,9-11,20H,7-8H2,1-2H3,(H,21,27)(H,22,25)(H,23,26). The molecule has 0 aliphatic heterocycles. The van der Waals surface area contributed by atoms with Crippen LogP contribution in [0.25, 0.3) is 0 Å². The van der Waals surface area contributed by atoms with E-state index in [4.69, 9.17) is 0 Å². The molecule has 0 aromatic heterocycles. The summed E-state index contributed by atoms with van der Waals surface area (Å²) in [5.41, 5.74) is 1.28. The van der Waals surface area contributed by atoms with Crippen LogP contribution in [0.4, 0.5) is 22.7 Å². The van der Waals surface area contributed by atoms with Crippen LogP contribution in [0.1, 0.15) is 24.2 Å². The van der Waals surface area contributed by atoms with Gasteiger partial charge in [0.1, 0.15) is 5.69 Å². The predicted molar refractivity (Wildman–Crippen MR) is 109 cm³/mol. The van der Waals surface area contributed by atoms with E-state index in [1.165, 1.54) is 38.1 Å². The average molecular weight is 399 g/mol. The Labute approximate surface area is 166 Å². The van der Waals surface area contributed by atoms with Crippen molar-refractivity contribution in [3.05, 3.63) is 58.1 Å². The Kier molecular flexibility index (Phi) is 7.24. The highest BCUT2D eigenvalue weighted by Crippen LogP contribution is 2.22. The number of para-hydroxylation sites is 2. The number of nitro groups is 1. The van der Waals surface area contributed by atoms with Gasteiger partial charge in [-0.15, -0.1) is 0 Å². The number of carbonyl (C=O) groups is 3. The number of hydrogen-bond acceptors (Lipinski definition) is 6. The molecule has 10 heteroatoms. The van der Waals surface area contributed by atoms with E-state index in [0.717, 1.165) is 0 Å². The van der Waals surface area contributed by atoms with Crippen LogP contribution in [0, 0.1) is 10.1 Å². The van der Waals surface area contributed by atoms with Crippen molar-refractivity contribution < 1.29 is 19.3 Å². The lowest BCUT2D eigenvalue weighted by atomic mass is 10.1. The van der Waals surface area contributed by atoms with Crippen molar-refractivity contribution >= 4 is 40.5 Å². The summed E-state index contributed by atoms with van der Waals surface area (Å²) in [5, 5.41) is 21.7. The Hall–Kier alpha value is -3.95. The first-order chi connectivity index (χ1) is 13.8. The Bertz CT molecular complexity index is 910. The molecular weight excluding hydrogens is 378 g/mol. The first kappa shape index (κ1) is 21.4. The summed E-state index contributed by atoms with van der Waals surface area (Å²) in [4.78, 5) is 45.5. The molecule has 0 unspecified atom stereocenters. The topological polar surface area (TPSA) is 142 Å². The largest absolute Gasteiger partial charge is 0.378 e. The lowest BCUT2D eigenvalue weighted by Gasteiger charge is -2.12. The third kappa shape index (κ3) is 6.61. The molecule has 10 nitrogen and oxygen atoms in total. The highest BCUT2D eigenvalue weighted by atomic mass is 16.6. The zero-order valence-corrected chi connectivity index (χ0v) is 15.9. The van der Waals surface area contributed by atoms with Crippen LogP contribution >= 0.6 is 0 Å². The van der Waals surface area contributed by atoms with Crippen molar-refractivity contribution in [2.75, 3.05) is 29.0 Å². The minimum absolute atomic E-state index is 0.0539. The molecule has 0 aliphatic carbocycles. The van der Waals surface area contributed by atoms with Crippen LogP contribution in [-0.4, -0.2) is 35.7 Å². The van der Waals surface area contributed by atoms with E-state index in [9.17, 15) is 24.5 Å². The first-order valence-corrected chi connectivity index (χ1v) is 8.72. The third-order valence-electron chi connectivity index (χ3n) is 3.66. The summed E-state index contributed by atoms with van der Waals surface area (Å²) >= 11 is 0. The van der Waals surface area contributed by atoms with Gasteiger partial charge in [0, 0.05) is 49.9 Å². The van der Waals surface area contributed by atoms with Crippen LogP contribution in [0.2, 0.25) is 0 Å². The van der Waals surface area contributed by atoms with Crippen LogP contribution in [-0.2, 0) is 9.59 Å². The van der Waals surface area contributed by atoms with Crippen molar-refractivity contribution in [2.24, 2.45) is 0 Å². The second kappa shape index (κ2) is 9.83. The Morgan fingerprint density at radius 1 is 0.931 bits per heavy atom. The minimum Gasteiger partial charge on any atom is -0.378 e. The number of nitrogens with zero attached hydrogens (tertiary/aromatic N) is 1. The van der Waals surface area contributed by atoms with E-state index in [1.54, 1.807) is 18.2 Å². The van der Waals surface area contributed by atoms with Gasteiger partial charge >= 0.3 is 0 Å². The van der Waals surface area contributed by atoms with Gasteiger partial charge in [-0.25, -0.2) is 0 Å². The maximum atomic E-state index is 12.4. The summed E-state index contributed by atoms with van der Waals surface area (Å²) in [7, 11) is 0. The number of benzene rings is 2. The summed E-state index contributed by atoms with van der Waals surface area (Å²) < 4.78 is 0. The van der Waals surface area contributed by atoms with E-state index < -0.39 is 10.8 Å². The van der Waals surface area contributed by atoms with Crippen molar-refractivity contribution in [1.82, 2.24) is 5.32 Å². The molecule has 0 saturated carbocycles. The van der Waals surface area contributed by atoms with Crippen molar-refractivity contribution in [3.8, 4) is 0 Å². The minimum atomic E-state index is -0.488. The van der Waals surface area contributed by atoms with E-state index >= 15 is 0 Å². The summed E-state index contributed by atoms with van der Waals surface area (Å²) in [6, 6.07) is 10.7. The van der Waals surface area contributed by atoms with Crippen molar-refractivity contribution in [2.45, 2.75) is 13.8 Å². The van der Waals surface area contributed by atoms with Crippen molar-refractivity contribution in [3.63, 3.8) is 0 Å². The van der Waals surface area contributed by atoms with Crippen LogP contribution in [0.5, 0.6) is 0 Å². The molecular formula is C19H21N5O5. The van der Waals surface area contributed by atoms with E-state index in [-0.39, 0.29) is 36.2 Å². The van der Waals surface area contributed by atoms with Gasteiger partial charge in [-0.2, -0.15) is 0 Å². The van der Waals surface area contributed by atoms with Gasteiger partial charge in [0.25, 0.3) is 11.6 Å². The van der Waals surface area contributed by atoms with E-state index in [2.05, 4.69) is 21.3 Å². The molecule has 3 amide bonds. The van der Waals surface area contributed by atoms with Crippen LogP contribution in [0.3, 0.4) is 0 Å². The smallest absolute Gasteiger partial charge is 0.292 e. The fourth-order valence-electron chi connectivity index (χ4n) is 2.57. The molecule has 0 aliphatic rings. The molecule has 0 radical (unpaired) electrons. The van der Waals surface area contributed by atoms with Gasteiger partial charge in [-0.05, 0) is 24.3 Å². The van der Waals surface area contributed by atoms with Crippen LogP contribution in [0.15, 0.2) is 42.5 Å². The highest BCUT2D eigenvalue weighted by molar-refractivity contribution is 5.99. The Morgan fingerprint density at radius 3 is 2.07 bits per heavy atom. The number of amides is 3. The summed E-state index contributed by atoms with van der Waals surface area (Å²) in [6.45, 7) is 3.13. The second-order valence-corrected chi connectivity index (χ2v) is 6.12. The number of carbonyl (C=O) groups excluding carboxylic acids is 3. The van der Waals surface area contributed by atoms with Crippen LogP contribution < -0.4 is 21.3 Å². The lowest BCUT2D eigenvalue weighted by molar-refractivity contribution is -0.384. The van der Waals surface area contributed by atoms with Gasteiger partial charge in [-0.1, -0.05) is 12.1 Å². The number of anilines is 3. The van der Waals surface area contributed by atoms with Crippen molar-refractivity contribution in [1.29, 1.82) is 0 Å². The van der Waals surface area contributed by atoms with E-state index in [1.807, 2.05) is 0 Å². The highest BCUT2D eigenvalue weighted by Gasteiger charge is 2.13. The maximum Gasteiger partial charge on any atom is 0.292 e. The molecule has 152 valence electrons. The molecule has 2 rings (SSSR count). The van der Waals surface area contributed by atoms with Gasteiger partial charge < -0.3 is 21.3 Å². The fourth-order valence-corrected chi connectivity index (χ4v) is 2.57. The quantitative estimate of drug-likeness (QED) is 0.305. The SMILES string of the molecule is CC(=O)Nc1cc(NC(C)=O)cc(C(=O)NCCNc2ccccc2[N+](=O)[O-])c1. The van der Waals surface area contributed by atoms with Gasteiger partial charge in [0.2, 0.25) is 11.8 Å². The van der Waals surface area contributed by atoms with E-state index in [0.29, 0.717) is 17.1 Å². The number of nitrogens with one attached hydrogen (secondary N) is 4. The van der Waals surface area contributed by atoms with Gasteiger partial charge in [-0.3, -0.25) is 24.5 Å². The average Bonchev–Trinajstić information content (AvgIpc) is 2.64. The maximum absolute atomic E-state index is 12.4. The Balaban J connectivity index is 2.02. The molecule has 0 bridgehead atoms. The summed E-state index contributed by atoms with van der Waals surface area (Å²) in [6.07, 6.45) is 0. The number of rotatable bonds is 8. The molecule has 2 aromatic carbocycles. The molecule has 4 N–H and O–H groups in total. The molecule has 0 saturated heterocycles. The third-order valence-corrected chi connectivity index (χ3v) is 3.66. The molecule has 29 heavy (non-hydrogen) atoms. The molecule has 0 spiro atoms. The first-order valence-electron chi connectivity index (χ1n) is 8.72.